The number of likely N-dealkylation sites (tertiary alicyclic amines) is 1. The Hall–Kier alpha value is -2.81. The van der Waals surface area contributed by atoms with Crippen LogP contribution in [0, 0.1) is 12.8 Å². The van der Waals surface area contributed by atoms with Crippen molar-refractivity contribution in [3.05, 3.63) is 29.3 Å². The number of aromatic nitrogens is 1. The SMILES string of the molecule is COc1ncc(N=C2CCOCCC2=C(N)OCC2CCCN(C(=O)OC(C)(C)C)C2)cc1C. The van der Waals surface area contributed by atoms with Crippen LogP contribution >= 0.6 is 0 Å². The van der Waals surface area contributed by atoms with Crippen molar-refractivity contribution in [3.8, 4) is 5.88 Å². The van der Waals surface area contributed by atoms with E-state index in [1.165, 1.54) is 0 Å². The van der Waals surface area contributed by atoms with Gasteiger partial charge in [0.2, 0.25) is 5.88 Å². The second-order valence-corrected chi connectivity index (χ2v) is 9.78. The van der Waals surface area contributed by atoms with E-state index in [0.29, 0.717) is 57.5 Å². The molecule has 1 aromatic rings. The lowest BCUT2D eigenvalue weighted by Gasteiger charge is -2.34. The Morgan fingerprint density at radius 1 is 1.32 bits per heavy atom. The summed E-state index contributed by atoms with van der Waals surface area (Å²) in [7, 11) is 1.60. The molecule has 2 aliphatic rings. The Morgan fingerprint density at radius 2 is 2.09 bits per heavy atom. The van der Waals surface area contributed by atoms with Gasteiger partial charge in [0.15, 0.2) is 5.88 Å². The minimum atomic E-state index is -0.509. The summed E-state index contributed by atoms with van der Waals surface area (Å²) in [6.07, 6.45) is 4.56. The average molecular weight is 475 g/mol. The number of hydrogen-bond donors (Lipinski definition) is 1. The lowest BCUT2D eigenvalue weighted by molar-refractivity contribution is 0.0114. The topological polar surface area (TPSA) is 109 Å². The molecule has 34 heavy (non-hydrogen) atoms. The van der Waals surface area contributed by atoms with E-state index in [9.17, 15) is 4.79 Å². The van der Waals surface area contributed by atoms with Gasteiger partial charge in [0.05, 0.1) is 44.5 Å². The smallest absolute Gasteiger partial charge is 0.410 e. The van der Waals surface area contributed by atoms with E-state index in [1.54, 1.807) is 18.2 Å². The van der Waals surface area contributed by atoms with Gasteiger partial charge in [0.25, 0.3) is 0 Å². The van der Waals surface area contributed by atoms with Gasteiger partial charge in [-0.2, -0.15) is 0 Å². The van der Waals surface area contributed by atoms with Crippen molar-refractivity contribution in [2.24, 2.45) is 16.6 Å². The summed E-state index contributed by atoms with van der Waals surface area (Å²) in [4.78, 5) is 23.3. The van der Waals surface area contributed by atoms with E-state index in [1.807, 2.05) is 33.8 Å². The molecule has 9 nitrogen and oxygen atoms in total. The number of hydrogen-bond acceptors (Lipinski definition) is 8. The largest absolute Gasteiger partial charge is 0.481 e. The number of piperidine rings is 1. The Morgan fingerprint density at radius 3 is 2.79 bits per heavy atom. The summed E-state index contributed by atoms with van der Waals surface area (Å²) in [6.45, 7) is 10.4. The first-order valence-electron chi connectivity index (χ1n) is 11.9. The Kier molecular flexibility index (Phi) is 8.77. The quantitative estimate of drug-likeness (QED) is 0.640. The standard InChI is InChI=1S/C25H38N4O5/c1-17-13-19(14-27-23(17)31-5)28-21-9-12-32-11-8-20(21)22(26)33-16-18-7-6-10-29(15-18)24(30)34-25(2,3)4/h13-14,18H,6-12,15-16,26H2,1-5H3. The second kappa shape index (κ2) is 11.6. The monoisotopic (exact) mass is 474 g/mol. The molecular weight excluding hydrogens is 436 g/mol. The zero-order chi connectivity index (χ0) is 24.7. The maximum Gasteiger partial charge on any atom is 0.410 e. The molecule has 1 unspecified atom stereocenters. The summed E-state index contributed by atoms with van der Waals surface area (Å²) >= 11 is 0. The van der Waals surface area contributed by atoms with Crippen molar-refractivity contribution < 1.29 is 23.7 Å². The third-order valence-electron chi connectivity index (χ3n) is 5.74. The number of pyridine rings is 1. The van der Waals surface area contributed by atoms with Gasteiger partial charge in [-0.1, -0.05) is 0 Å². The molecule has 2 N–H and O–H groups in total. The molecule has 0 spiro atoms. The van der Waals surface area contributed by atoms with Crippen LogP contribution in [0.5, 0.6) is 5.88 Å². The van der Waals surface area contributed by atoms with E-state index in [4.69, 9.17) is 29.7 Å². The third-order valence-corrected chi connectivity index (χ3v) is 5.74. The van der Waals surface area contributed by atoms with E-state index in [-0.39, 0.29) is 12.0 Å². The van der Waals surface area contributed by atoms with Gasteiger partial charge in [0, 0.05) is 43.0 Å². The molecule has 1 aromatic heterocycles. The number of aliphatic imine (C=N–C) groups is 1. The van der Waals surface area contributed by atoms with E-state index < -0.39 is 5.60 Å². The van der Waals surface area contributed by atoms with Crippen LogP contribution in [-0.4, -0.2) is 67.3 Å². The fourth-order valence-corrected chi connectivity index (χ4v) is 4.10. The zero-order valence-corrected chi connectivity index (χ0v) is 21.1. The highest BCUT2D eigenvalue weighted by Gasteiger charge is 2.28. The predicted molar refractivity (Wildman–Crippen MR) is 130 cm³/mol. The number of methoxy groups -OCH3 is 1. The number of nitrogens with two attached hydrogens (primary N) is 1. The first-order valence-corrected chi connectivity index (χ1v) is 11.9. The predicted octanol–water partition coefficient (Wildman–Crippen LogP) is 4.12. The van der Waals surface area contributed by atoms with Gasteiger partial charge >= 0.3 is 6.09 Å². The second-order valence-electron chi connectivity index (χ2n) is 9.78. The molecule has 0 saturated carbocycles. The number of carbonyl (C=O) groups excluding carboxylic acids is 1. The maximum atomic E-state index is 12.5. The molecule has 3 heterocycles. The van der Waals surface area contributed by atoms with Crippen LogP contribution in [0.3, 0.4) is 0 Å². The van der Waals surface area contributed by atoms with Crippen LogP contribution in [-0.2, 0) is 14.2 Å². The molecular formula is C25H38N4O5. The van der Waals surface area contributed by atoms with Crippen LogP contribution in [0.2, 0.25) is 0 Å². The Labute approximate surface area is 202 Å². The Bertz CT molecular complexity index is 922. The van der Waals surface area contributed by atoms with Gasteiger partial charge in [-0.25, -0.2) is 9.78 Å². The van der Waals surface area contributed by atoms with Crippen LogP contribution in [0.15, 0.2) is 28.7 Å². The molecule has 1 atom stereocenters. The minimum absolute atomic E-state index is 0.191. The first-order chi connectivity index (χ1) is 16.2. The van der Waals surface area contributed by atoms with E-state index >= 15 is 0 Å². The third kappa shape index (κ3) is 7.35. The van der Waals surface area contributed by atoms with Gasteiger partial charge in [-0.05, 0) is 46.6 Å². The minimum Gasteiger partial charge on any atom is -0.481 e. The van der Waals surface area contributed by atoms with Crippen LogP contribution < -0.4 is 10.5 Å². The van der Waals surface area contributed by atoms with Gasteiger partial charge in [-0.3, -0.25) is 4.99 Å². The molecule has 0 aromatic carbocycles. The van der Waals surface area contributed by atoms with Crippen molar-refractivity contribution in [1.29, 1.82) is 0 Å². The fourth-order valence-electron chi connectivity index (χ4n) is 4.10. The van der Waals surface area contributed by atoms with E-state index in [2.05, 4.69) is 4.98 Å². The highest BCUT2D eigenvalue weighted by atomic mass is 16.6. The molecule has 0 radical (unpaired) electrons. The van der Waals surface area contributed by atoms with Crippen molar-refractivity contribution in [2.75, 3.05) is 40.0 Å². The number of nitrogens with zero attached hydrogens (tertiary/aromatic N) is 3. The average Bonchev–Trinajstić information content (AvgIpc) is 3.02. The fraction of sp³-hybridized carbons (Fsp3) is 0.640. The Balaban J connectivity index is 1.69. The van der Waals surface area contributed by atoms with E-state index in [0.717, 1.165) is 35.4 Å². The number of aryl methyl sites for hydroxylation is 1. The molecule has 1 amide bonds. The first kappa shape index (κ1) is 25.8. The number of amides is 1. The highest BCUT2D eigenvalue weighted by molar-refractivity contribution is 6.02. The van der Waals surface area contributed by atoms with Crippen LogP contribution in [0.25, 0.3) is 0 Å². The molecule has 2 fully saturated rings. The molecule has 188 valence electrons. The number of rotatable bonds is 5. The normalized spacial score (nSPS) is 22.2. The van der Waals surface area contributed by atoms with Crippen molar-refractivity contribution in [3.63, 3.8) is 0 Å². The van der Waals surface area contributed by atoms with Crippen molar-refractivity contribution in [1.82, 2.24) is 9.88 Å². The van der Waals surface area contributed by atoms with Gasteiger partial charge in [0.1, 0.15) is 5.60 Å². The zero-order valence-electron chi connectivity index (χ0n) is 21.1. The number of carbonyl (C=O) groups is 1. The molecule has 9 heteroatoms. The summed E-state index contributed by atoms with van der Waals surface area (Å²) < 4.78 is 22.5. The molecule has 0 aliphatic carbocycles. The summed E-state index contributed by atoms with van der Waals surface area (Å²) in [5.74, 6) is 1.15. The van der Waals surface area contributed by atoms with Crippen molar-refractivity contribution in [2.45, 2.75) is 59.0 Å². The van der Waals surface area contributed by atoms with Crippen LogP contribution in [0.1, 0.15) is 52.0 Å². The molecule has 2 aliphatic heterocycles. The van der Waals surface area contributed by atoms with Crippen molar-refractivity contribution >= 4 is 17.5 Å². The molecule has 0 bridgehead atoms. The summed E-state index contributed by atoms with van der Waals surface area (Å²) in [5, 5.41) is 0. The summed E-state index contributed by atoms with van der Waals surface area (Å²) in [6, 6.07) is 1.94. The highest BCUT2D eigenvalue weighted by Crippen LogP contribution is 2.25. The van der Waals surface area contributed by atoms with Gasteiger partial charge < -0.3 is 29.6 Å². The molecule has 2 saturated heterocycles. The summed E-state index contributed by atoms with van der Waals surface area (Å²) in [5.41, 5.74) is 9.27. The van der Waals surface area contributed by atoms with Crippen LogP contribution in [0.4, 0.5) is 10.5 Å². The number of ether oxygens (including phenoxy) is 4. The molecule has 3 rings (SSSR count). The maximum absolute atomic E-state index is 12.5. The van der Waals surface area contributed by atoms with Gasteiger partial charge in [-0.15, -0.1) is 0 Å². The lowest BCUT2D eigenvalue weighted by Crippen LogP contribution is -2.43. The lowest BCUT2D eigenvalue weighted by atomic mass is 9.99.